The monoisotopic (exact) mass is 246 g/mol. The highest BCUT2D eigenvalue weighted by molar-refractivity contribution is 5.92. The van der Waals surface area contributed by atoms with Crippen LogP contribution in [-0.4, -0.2) is 43.9 Å². The van der Waals surface area contributed by atoms with Crippen LogP contribution in [0.1, 0.15) is 32.1 Å². The second-order valence-electron chi connectivity index (χ2n) is 4.33. The summed E-state index contributed by atoms with van der Waals surface area (Å²) in [4.78, 5) is 32.9. The van der Waals surface area contributed by atoms with E-state index in [0.29, 0.717) is 12.8 Å². The molecule has 0 saturated heterocycles. The van der Waals surface area contributed by atoms with Crippen molar-refractivity contribution in [1.82, 2.24) is 0 Å². The number of carboxylic acid groups (broad SMARTS) is 3. The number of hydrogen-bond donors (Lipinski definition) is 4. The lowest BCUT2D eigenvalue weighted by atomic mass is 9.68. The van der Waals surface area contributed by atoms with Crippen LogP contribution in [0, 0.1) is 5.41 Å². The van der Waals surface area contributed by atoms with Gasteiger partial charge in [0.15, 0.2) is 5.60 Å². The summed E-state index contributed by atoms with van der Waals surface area (Å²) in [6, 6.07) is 0. The molecule has 0 heterocycles. The Balaban J connectivity index is 3.23. The summed E-state index contributed by atoms with van der Waals surface area (Å²) < 4.78 is 0. The van der Waals surface area contributed by atoms with Crippen LogP contribution in [0.3, 0.4) is 0 Å². The minimum atomic E-state index is -2.76. The molecule has 1 fully saturated rings. The summed E-state index contributed by atoms with van der Waals surface area (Å²) in [5, 5.41) is 36.8. The Labute approximate surface area is 96.7 Å². The molecule has 0 aromatic heterocycles. The molecular weight excluding hydrogens is 232 g/mol. The van der Waals surface area contributed by atoms with Crippen molar-refractivity contribution in [3.05, 3.63) is 0 Å². The molecule has 1 aliphatic rings. The normalized spacial score (nSPS) is 21.7. The quantitative estimate of drug-likeness (QED) is 0.533. The lowest BCUT2D eigenvalue weighted by molar-refractivity contribution is -0.193. The fourth-order valence-corrected chi connectivity index (χ4v) is 2.45. The summed E-state index contributed by atoms with van der Waals surface area (Å²) >= 11 is 0. The number of aliphatic carboxylic acids is 3. The standard InChI is InChI=1S/C10H14O7/c11-6(12)5-10(17,8(15)16)9(7(13)14)3-1-2-4-9/h17H,1-5H2,(H,11,12)(H,13,14)(H,15,16). The predicted octanol–water partition coefficient (Wildman–Crippen LogP) is -0.0782. The van der Waals surface area contributed by atoms with E-state index in [1.165, 1.54) is 0 Å². The van der Waals surface area contributed by atoms with E-state index in [0.717, 1.165) is 0 Å². The second kappa shape index (κ2) is 4.33. The summed E-state index contributed by atoms with van der Waals surface area (Å²) in [5.74, 6) is -4.80. The third kappa shape index (κ3) is 1.97. The van der Waals surface area contributed by atoms with Crippen LogP contribution in [0.5, 0.6) is 0 Å². The molecule has 1 aliphatic carbocycles. The van der Waals surface area contributed by atoms with E-state index < -0.39 is 35.3 Å². The van der Waals surface area contributed by atoms with E-state index in [2.05, 4.69) is 0 Å². The molecule has 96 valence electrons. The van der Waals surface area contributed by atoms with Gasteiger partial charge in [-0.05, 0) is 12.8 Å². The number of carbonyl (C=O) groups is 3. The zero-order valence-corrected chi connectivity index (χ0v) is 9.05. The summed E-state index contributed by atoms with van der Waals surface area (Å²) in [5.41, 5.74) is -4.67. The van der Waals surface area contributed by atoms with Gasteiger partial charge in [0.05, 0.1) is 6.42 Å². The SMILES string of the molecule is O=C(O)CC(O)(C(=O)O)C1(C(=O)O)CCCC1. The maximum atomic E-state index is 11.2. The maximum Gasteiger partial charge on any atom is 0.337 e. The molecule has 0 amide bonds. The molecule has 0 radical (unpaired) electrons. The van der Waals surface area contributed by atoms with Gasteiger partial charge in [-0.15, -0.1) is 0 Å². The molecule has 0 spiro atoms. The lowest BCUT2D eigenvalue weighted by Crippen LogP contribution is -2.58. The van der Waals surface area contributed by atoms with E-state index in [-0.39, 0.29) is 12.8 Å². The number of carboxylic acids is 3. The van der Waals surface area contributed by atoms with E-state index in [9.17, 15) is 19.5 Å². The van der Waals surface area contributed by atoms with Crippen LogP contribution < -0.4 is 0 Å². The largest absolute Gasteiger partial charge is 0.481 e. The van der Waals surface area contributed by atoms with Crippen molar-refractivity contribution < 1.29 is 34.8 Å². The zero-order chi connectivity index (χ0) is 13.3. The van der Waals surface area contributed by atoms with Gasteiger partial charge in [-0.1, -0.05) is 12.8 Å². The van der Waals surface area contributed by atoms with Crippen LogP contribution in [0.25, 0.3) is 0 Å². The first-order valence-corrected chi connectivity index (χ1v) is 5.17. The average Bonchev–Trinajstić information content (AvgIpc) is 2.65. The lowest BCUT2D eigenvalue weighted by Gasteiger charge is -2.37. The molecule has 7 nitrogen and oxygen atoms in total. The van der Waals surface area contributed by atoms with Gasteiger partial charge >= 0.3 is 17.9 Å². The Morgan fingerprint density at radius 2 is 1.53 bits per heavy atom. The third-order valence-corrected chi connectivity index (χ3v) is 3.42. The molecule has 1 saturated carbocycles. The zero-order valence-electron chi connectivity index (χ0n) is 9.05. The molecule has 4 N–H and O–H groups in total. The molecule has 0 aromatic rings. The first-order chi connectivity index (χ1) is 7.76. The van der Waals surface area contributed by atoms with Crippen molar-refractivity contribution in [2.45, 2.75) is 37.7 Å². The van der Waals surface area contributed by atoms with Crippen molar-refractivity contribution in [1.29, 1.82) is 0 Å². The summed E-state index contributed by atoms with van der Waals surface area (Å²) in [6.07, 6.45) is -0.255. The Hall–Kier alpha value is -1.63. The highest BCUT2D eigenvalue weighted by Gasteiger charge is 2.62. The first kappa shape index (κ1) is 13.4. The summed E-state index contributed by atoms with van der Waals surface area (Å²) in [6.45, 7) is 0. The molecule has 0 aliphatic heterocycles. The molecular formula is C10H14O7. The molecule has 0 bridgehead atoms. The smallest absolute Gasteiger partial charge is 0.337 e. The van der Waals surface area contributed by atoms with Crippen LogP contribution >= 0.6 is 0 Å². The minimum Gasteiger partial charge on any atom is -0.481 e. The second-order valence-corrected chi connectivity index (χ2v) is 4.33. The van der Waals surface area contributed by atoms with Gasteiger partial charge in [0.1, 0.15) is 5.41 Å². The van der Waals surface area contributed by atoms with Gasteiger partial charge in [-0.25, -0.2) is 4.79 Å². The van der Waals surface area contributed by atoms with Crippen molar-refractivity contribution in [2.75, 3.05) is 0 Å². The Kier molecular flexibility index (Phi) is 3.42. The van der Waals surface area contributed by atoms with Crippen molar-refractivity contribution in [2.24, 2.45) is 5.41 Å². The number of rotatable bonds is 5. The van der Waals surface area contributed by atoms with Gasteiger partial charge in [0.25, 0.3) is 0 Å². The highest BCUT2D eigenvalue weighted by Crippen LogP contribution is 2.48. The highest BCUT2D eigenvalue weighted by atomic mass is 16.4. The Morgan fingerprint density at radius 3 is 1.82 bits per heavy atom. The van der Waals surface area contributed by atoms with Gasteiger partial charge in [-0.2, -0.15) is 0 Å². The van der Waals surface area contributed by atoms with Crippen molar-refractivity contribution in [3.8, 4) is 0 Å². The molecule has 1 atom stereocenters. The van der Waals surface area contributed by atoms with E-state index in [1.54, 1.807) is 0 Å². The van der Waals surface area contributed by atoms with Gasteiger partial charge in [0, 0.05) is 0 Å². The van der Waals surface area contributed by atoms with Crippen molar-refractivity contribution >= 4 is 17.9 Å². The van der Waals surface area contributed by atoms with Crippen LogP contribution in [0.2, 0.25) is 0 Å². The molecule has 1 unspecified atom stereocenters. The average molecular weight is 246 g/mol. The Morgan fingerprint density at radius 1 is 1.06 bits per heavy atom. The summed E-state index contributed by atoms with van der Waals surface area (Å²) in [7, 11) is 0. The minimum absolute atomic E-state index is 0.0294. The van der Waals surface area contributed by atoms with Gasteiger partial charge < -0.3 is 20.4 Å². The fraction of sp³-hybridized carbons (Fsp3) is 0.700. The van der Waals surface area contributed by atoms with E-state index in [4.69, 9.17) is 15.3 Å². The number of aliphatic hydroxyl groups is 1. The molecule has 7 heteroatoms. The topological polar surface area (TPSA) is 132 Å². The van der Waals surface area contributed by atoms with Gasteiger partial charge in [0.2, 0.25) is 0 Å². The van der Waals surface area contributed by atoms with Gasteiger partial charge in [-0.3, -0.25) is 9.59 Å². The third-order valence-electron chi connectivity index (χ3n) is 3.42. The molecule has 0 aromatic carbocycles. The van der Waals surface area contributed by atoms with E-state index in [1.807, 2.05) is 0 Å². The predicted molar refractivity (Wildman–Crippen MR) is 53.4 cm³/mol. The fourth-order valence-electron chi connectivity index (χ4n) is 2.45. The van der Waals surface area contributed by atoms with E-state index >= 15 is 0 Å². The Bertz CT molecular complexity index is 356. The number of hydrogen-bond acceptors (Lipinski definition) is 4. The van der Waals surface area contributed by atoms with Crippen LogP contribution in [0.15, 0.2) is 0 Å². The van der Waals surface area contributed by atoms with Crippen LogP contribution in [0.4, 0.5) is 0 Å². The maximum absolute atomic E-state index is 11.2. The van der Waals surface area contributed by atoms with Crippen LogP contribution in [-0.2, 0) is 14.4 Å². The first-order valence-electron chi connectivity index (χ1n) is 5.17. The molecule has 17 heavy (non-hydrogen) atoms. The molecule has 1 rings (SSSR count). The van der Waals surface area contributed by atoms with Crippen molar-refractivity contribution in [3.63, 3.8) is 0 Å².